The molecule has 0 spiro atoms. The van der Waals surface area contributed by atoms with E-state index in [4.69, 9.17) is 5.11 Å². The summed E-state index contributed by atoms with van der Waals surface area (Å²) in [5.41, 5.74) is 0. The van der Waals surface area contributed by atoms with Crippen LogP contribution in [0.2, 0.25) is 0 Å². The zero-order valence-corrected chi connectivity index (χ0v) is 11.7. The average Bonchev–Trinajstić information content (AvgIpc) is 2.95. The number of likely N-dealkylation sites (tertiary alicyclic amines) is 1. The third-order valence-corrected chi connectivity index (χ3v) is 5.10. The van der Waals surface area contributed by atoms with E-state index >= 15 is 0 Å². The Bertz CT molecular complexity index is 344. The first-order valence-electron chi connectivity index (χ1n) is 6.33. The monoisotopic (exact) mass is 272 g/mol. The first-order chi connectivity index (χ1) is 8.50. The molecule has 6 heteroatoms. The highest BCUT2D eigenvalue weighted by molar-refractivity contribution is 7.99. The van der Waals surface area contributed by atoms with Crippen LogP contribution in [-0.2, 0) is 4.79 Å². The standard InChI is InChI=1S/C12H20N2O3S/c1-8-5-14(6-10(8)11(15)16)12(17)13(2)9-3-4-18-7-9/h8-10H,3-7H2,1-2H3,(H,15,16)/t8-,9?,10-/m1/s1. The molecule has 2 aliphatic heterocycles. The van der Waals surface area contributed by atoms with Crippen LogP contribution in [-0.4, -0.2) is 64.6 Å². The molecule has 0 aliphatic carbocycles. The summed E-state index contributed by atoms with van der Waals surface area (Å²) < 4.78 is 0. The molecule has 0 aromatic rings. The number of carbonyl (C=O) groups excluding carboxylic acids is 1. The molecule has 2 rings (SSSR count). The predicted octanol–water partition coefficient (Wildman–Crippen LogP) is 1.20. The Hall–Kier alpha value is -0.910. The van der Waals surface area contributed by atoms with Gasteiger partial charge in [0.1, 0.15) is 0 Å². The van der Waals surface area contributed by atoms with Gasteiger partial charge in [-0.05, 0) is 18.1 Å². The Morgan fingerprint density at radius 1 is 1.39 bits per heavy atom. The van der Waals surface area contributed by atoms with Gasteiger partial charge in [0.15, 0.2) is 0 Å². The maximum Gasteiger partial charge on any atom is 0.320 e. The topological polar surface area (TPSA) is 60.9 Å². The molecule has 1 unspecified atom stereocenters. The molecule has 0 aromatic heterocycles. The van der Waals surface area contributed by atoms with E-state index in [2.05, 4.69) is 0 Å². The zero-order valence-electron chi connectivity index (χ0n) is 10.8. The number of aliphatic carboxylic acids is 1. The van der Waals surface area contributed by atoms with Gasteiger partial charge in [0.25, 0.3) is 0 Å². The molecule has 18 heavy (non-hydrogen) atoms. The van der Waals surface area contributed by atoms with Gasteiger partial charge >= 0.3 is 12.0 Å². The largest absolute Gasteiger partial charge is 0.481 e. The van der Waals surface area contributed by atoms with E-state index in [1.165, 1.54) is 0 Å². The van der Waals surface area contributed by atoms with Gasteiger partial charge in [-0.25, -0.2) is 4.79 Å². The van der Waals surface area contributed by atoms with Crippen molar-refractivity contribution >= 4 is 23.8 Å². The number of hydrogen-bond donors (Lipinski definition) is 1. The number of thioether (sulfide) groups is 1. The lowest BCUT2D eigenvalue weighted by atomic mass is 9.99. The minimum atomic E-state index is -0.795. The molecule has 0 bridgehead atoms. The molecule has 3 atom stereocenters. The van der Waals surface area contributed by atoms with Crippen molar-refractivity contribution in [2.75, 3.05) is 31.6 Å². The fraction of sp³-hybridized carbons (Fsp3) is 0.833. The van der Waals surface area contributed by atoms with Gasteiger partial charge in [-0.15, -0.1) is 0 Å². The van der Waals surface area contributed by atoms with Crippen molar-refractivity contribution in [3.8, 4) is 0 Å². The Morgan fingerprint density at radius 2 is 2.11 bits per heavy atom. The van der Waals surface area contributed by atoms with Gasteiger partial charge in [-0.2, -0.15) is 11.8 Å². The number of carboxylic acid groups (broad SMARTS) is 1. The fourth-order valence-electron chi connectivity index (χ4n) is 2.65. The summed E-state index contributed by atoms with van der Waals surface area (Å²) in [5.74, 6) is 0.930. The van der Waals surface area contributed by atoms with Gasteiger partial charge in [0, 0.05) is 31.9 Å². The Morgan fingerprint density at radius 3 is 2.61 bits per heavy atom. The highest BCUT2D eigenvalue weighted by Crippen LogP contribution is 2.26. The molecule has 2 fully saturated rings. The van der Waals surface area contributed by atoms with Gasteiger partial charge < -0.3 is 14.9 Å². The van der Waals surface area contributed by atoms with E-state index in [-0.39, 0.29) is 11.9 Å². The van der Waals surface area contributed by atoms with Gasteiger partial charge in [-0.1, -0.05) is 6.92 Å². The molecule has 2 saturated heterocycles. The molecule has 5 nitrogen and oxygen atoms in total. The predicted molar refractivity (Wildman–Crippen MR) is 70.8 cm³/mol. The summed E-state index contributed by atoms with van der Waals surface area (Å²) in [6.45, 7) is 2.80. The molecule has 2 heterocycles. The van der Waals surface area contributed by atoms with Crippen LogP contribution in [0.1, 0.15) is 13.3 Å². The number of hydrogen-bond acceptors (Lipinski definition) is 3. The third-order valence-electron chi connectivity index (χ3n) is 3.96. The van der Waals surface area contributed by atoms with Gasteiger partial charge in [0.2, 0.25) is 0 Å². The summed E-state index contributed by atoms with van der Waals surface area (Å²) in [7, 11) is 1.83. The number of carboxylic acids is 1. The van der Waals surface area contributed by atoms with Crippen molar-refractivity contribution in [3.05, 3.63) is 0 Å². The molecule has 0 aromatic carbocycles. The summed E-state index contributed by atoms with van der Waals surface area (Å²) in [6.07, 6.45) is 1.04. The van der Waals surface area contributed by atoms with Crippen molar-refractivity contribution in [1.82, 2.24) is 9.80 Å². The van der Waals surface area contributed by atoms with Crippen LogP contribution in [0.25, 0.3) is 0 Å². The lowest BCUT2D eigenvalue weighted by Gasteiger charge is -2.29. The van der Waals surface area contributed by atoms with Crippen LogP contribution in [0.3, 0.4) is 0 Å². The van der Waals surface area contributed by atoms with Crippen LogP contribution in [0.15, 0.2) is 0 Å². The van der Waals surface area contributed by atoms with E-state index in [1.54, 1.807) is 9.80 Å². The first-order valence-corrected chi connectivity index (χ1v) is 7.48. The van der Waals surface area contributed by atoms with Crippen molar-refractivity contribution in [3.63, 3.8) is 0 Å². The second-order valence-electron chi connectivity index (χ2n) is 5.24. The normalized spacial score (nSPS) is 31.7. The van der Waals surface area contributed by atoms with Crippen LogP contribution in [0.4, 0.5) is 4.79 Å². The molecule has 102 valence electrons. The zero-order chi connectivity index (χ0) is 13.3. The summed E-state index contributed by atoms with van der Waals surface area (Å²) in [5, 5.41) is 9.08. The molecule has 1 N–H and O–H groups in total. The number of carbonyl (C=O) groups is 2. The van der Waals surface area contributed by atoms with Crippen molar-refractivity contribution < 1.29 is 14.7 Å². The van der Waals surface area contributed by atoms with Crippen LogP contribution in [0.5, 0.6) is 0 Å². The molecular weight excluding hydrogens is 252 g/mol. The second kappa shape index (κ2) is 5.38. The average molecular weight is 272 g/mol. The fourth-order valence-corrected chi connectivity index (χ4v) is 3.92. The van der Waals surface area contributed by atoms with Crippen LogP contribution < -0.4 is 0 Å². The Labute approximate surface area is 112 Å². The third kappa shape index (κ3) is 2.58. The van der Waals surface area contributed by atoms with Gasteiger partial charge in [-0.3, -0.25) is 4.79 Å². The summed E-state index contributed by atoms with van der Waals surface area (Å²) >= 11 is 1.87. The second-order valence-corrected chi connectivity index (χ2v) is 6.39. The highest BCUT2D eigenvalue weighted by atomic mass is 32.2. The van der Waals surface area contributed by atoms with Crippen molar-refractivity contribution in [2.45, 2.75) is 19.4 Å². The van der Waals surface area contributed by atoms with Crippen molar-refractivity contribution in [2.24, 2.45) is 11.8 Å². The molecule has 2 amide bonds. The highest BCUT2D eigenvalue weighted by Gasteiger charge is 2.39. The number of urea groups is 1. The first kappa shape index (κ1) is 13.5. The maximum atomic E-state index is 12.3. The lowest BCUT2D eigenvalue weighted by Crippen LogP contribution is -2.45. The van der Waals surface area contributed by atoms with Gasteiger partial charge in [0.05, 0.1) is 5.92 Å². The van der Waals surface area contributed by atoms with E-state index in [0.29, 0.717) is 19.1 Å². The minimum Gasteiger partial charge on any atom is -0.481 e. The molecular formula is C12H20N2O3S. The maximum absolute atomic E-state index is 12.3. The van der Waals surface area contributed by atoms with Crippen LogP contribution >= 0.6 is 11.8 Å². The smallest absolute Gasteiger partial charge is 0.320 e. The van der Waals surface area contributed by atoms with Crippen molar-refractivity contribution in [1.29, 1.82) is 0 Å². The Balaban J connectivity index is 1.95. The SMILES string of the molecule is C[C@@H]1CN(C(=O)N(C)C2CCSC2)C[C@H]1C(=O)O. The minimum absolute atomic E-state index is 0.0156. The van der Waals surface area contributed by atoms with E-state index in [9.17, 15) is 9.59 Å². The number of amides is 2. The summed E-state index contributed by atoms with van der Waals surface area (Å²) in [6, 6.07) is 0.291. The Kier molecular flexibility index (Phi) is 4.04. The van der Waals surface area contributed by atoms with Crippen LogP contribution in [0, 0.1) is 11.8 Å². The van der Waals surface area contributed by atoms with E-state index in [1.807, 2.05) is 25.7 Å². The number of nitrogens with zero attached hydrogens (tertiary/aromatic N) is 2. The molecule has 2 aliphatic rings. The van der Waals surface area contributed by atoms with E-state index < -0.39 is 11.9 Å². The molecule has 0 saturated carbocycles. The molecule has 0 radical (unpaired) electrons. The lowest BCUT2D eigenvalue weighted by molar-refractivity contribution is -0.142. The van der Waals surface area contributed by atoms with E-state index in [0.717, 1.165) is 17.9 Å². The quantitative estimate of drug-likeness (QED) is 0.820. The number of rotatable bonds is 2. The summed E-state index contributed by atoms with van der Waals surface area (Å²) in [4.78, 5) is 26.8.